The number of hydrogen-bond donors (Lipinski definition) is 1. The number of pyridine rings is 1. The fourth-order valence-corrected chi connectivity index (χ4v) is 1.81. The molecular weight excluding hydrogens is 268 g/mol. The zero-order valence-electron chi connectivity index (χ0n) is 11.3. The lowest BCUT2D eigenvalue weighted by atomic mass is 10.2. The minimum atomic E-state index is -0.212. The molecule has 0 aliphatic rings. The zero-order chi connectivity index (χ0) is 14.7. The third-order valence-corrected chi connectivity index (χ3v) is 2.89. The van der Waals surface area contributed by atoms with Crippen molar-refractivity contribution in [1.29, 1.82) is 0 Å². The van der Waals surface area contributed by atoms with Crippen molar-refractivity contribution >= 4 is 11.6 Å². The quantitative estimate of drug-likeness (QED) is 0.788. The smallest absolute Gasteiger partial charge is 0.257 e. The molecule has 7 nitrogen and oxygen atoms in total. The van der Waals surface area contributed by atoms with Crippen LogP contribution in [-0.4, -0.2) is 31.1 Å². The first-order valence-electron chi connectivity index (χ1n) is 6.30. The summed E-state index contributed by atoms with van der Waals surface area (Å²) in [6, 6.07) is 10.8. The van der Waals surface area contributed by atoms with Crippen LogP contribution in [0.1, 0.15) is 16.1 Å². The van der Waals surface area contributed by atoms with Crippen LogP contribution in [0, 0.1) is 6.92 Å². The topological polar surface area (TPSA) is 85.6 Å². The monoisotopic (exact) mass is 280 g/mol. The van der Waals surface area contributed by atoms with Crippen molar-refractivity contribution in [3.8, 4) is 5.69 Å². The van der Waals surface area contributed by atoms with E-state index in [9.17, 15) is 4.79 Å². The summed E-state index contributed by atoms with van der Waals surface area (Å²) >= 11 is 0. The van der Waals surface area contributed by atoms with Crippen molar-refractivity contribution in [3.63, 3.8) is 0 Å². The van der Waals surface area contributed by atoms with E-state index in [4.69, 9.17) is 0 Å². The standard InChI is InChI=1S/C14H12N6O/c1-10-5-6-11(8-15-10)14(21)17-12-3-2-4-13(7-12)20-9-16-18-19-20/h2-9H,1H3,(H,17,21). The Morgan fingerprint density at radius 1 is 1.24 bits per heavy atom. The van der Waals surface area contributed by atoms with Crippen molar-refractivity contribution in [3.05, 3.63) is 60.2 Å². The molecule has 21 heavy (non-hydrogen) atoms. The number of aryl methyl sites for hydroxylation is 1. The van der Waals surface area contributed by atoms with Crippen molar-refractivity contribution in [1.82, 2.24) is 25.2 Å². The molecule has 0 spiro atoms. The molecule has 0 fully saturated rings. The van der Waals surface area contributed by atoms with Crippen LogP contribution in [0.25, 0.3) is 5.69 Å². The molecule has 0 saturated carbocycles. The van der Waals surface area contributed by atoms with E-state index in [-0.39, 0.29) is 5.91 Å². The lowest BCUT2D eigenvalue weighted by Gasteiger charge is -2.07. The van der Waals surface area contributed by atoms with E-state index in [1.54, 1.807) is 30.5 Å². The molecule has 0 radical (unpaired) electrons. The highest BCUT2D eigenvalue weighted by Gasteiger charge is 2.07. The van der Waals surface area contributed by atoms with Gasteiger partial charge in [-0.25, -0.2) is 4.68 Å². The summed E-state index contributed by atoms with van der Waals surface area (Å²) in [5, 5.41) is 13.8. The molecule has 0 aliphatic heterocycles. The number of benzene rings is 1. The number of tetrazole rings is 1. The van der Waals surface area contributed by atoms with Crippen LogP contribution in [0.3, 0.4) is 0 Å². The van der Waals surface area contributed by atoms with Gasteiger partial charge < -0.3 is 5.32 Å². The largest absolute Gasteiger partial charge is 0.322 e. The average molecular weight is 280 g/mol. The van der Waals surface area contributed by atoms with Gasteiger partial charge in [0.2, 0.25) is 0 Å². The van der Waals surface area contributed by atoms with Gasteiger partial charge in [0.25, 0.3) is 5.91 Å². The Labute approximate surface area is 120 Å². The van der Waals surface area contributed by atoms with Gasteiger partial charge in [-0.15, -0.1) is 5.10 Å². The molecule has 0 bridgehead atoms. The van der Waals surface area contributed by atoms with Crippen LogP contribution in [0.4, 0.5) is 5.69 Å². The van der Waals surface area contributed by atoms with Gasteiger partial charge in [0.1, 0.15) is 6.33 Å². The summed E-state index contributed by atoms with van der Waals surface area (Å²) in [7, 11) is 0. The maximum absolute atomic E-state index is 12.1. The predicted molar refractivity (Wildman–Crippen MR) is 76.1 cm³/mol. The molecule has 104 valence electrons. The second kappa shape index (κ2) is 5.49. The molecule has 0 unspecified atom stereocenters. The van der Waals surface area contributed by atoms with Crippen LogP contribution in [0.5, 0.6) is 0 Å². The molecule has 7 heteroatoms. The van der Waals surface area contributed by atoms with Gasteiger partial charge in [0.05, 0.1) is 11.3 Å². The molecule has 0 aliphatic carbocycles. The van der Waals surface area contributed by atoms with E-state index >= 15 is 0 Å². The van der Waals surface area contributed by atoms with E-state index < -0.39 is 0 Å². The number of nitrogens with one attached hydrogen (secondary N) is 1. The Hall–Kier alpha value is -3.09. The summed E-state index contributed by atoms with van der Waals surface area (Å²) in [4.78, 5) is 16.2. The maximum Gasteiger partial charge on any atom is 0.257 e. The molecule has 3 rings (SSSR count). The molecule has 0 atom stereocenters. The summed E-state index contributed by atoms with van der Waals surface area (Å²) < 4.78 is 1.52. The Morgan fingerprint density at radius 3 is 2.86 bits per heavy atom. The fourth-order valence-electron chi connectivity index (χ4n) is 1.81. The van der Waals surface area contributed by atoms with Crippen molar-refractivity contribution in [2.45, 2.75) is 6.92 Å². The summed E-state index contributed by atoms with van der Waals surface area (Å²) in [6.45, 7) is 1.87. The summed E-state index contributed by atoms with van der Waals surface area (Å²) in [6.07, 6.45) is 3.04. The number of carbonyl (C=O) groups is 1. The van der Waals surface area contributed by atoms with Crippen LogP contribution in [0.15, 0.2) is 48.9 Å². The lowest BCUT2D eigenvalue weighted by molar-refractivity contribution is 0.102. The van der Waals surface area contributed by atoms with Gasteiger partial charge >= 0.3 is 0 Å². The second-order valence-electron chi connectivity index (χ2n) is 4.45. The minimum Gasteiger partial charge on any atom is -0.322 e. The van der Waals surface area contributed by atoms with Crippen molar-refractivity contribution < 1.29 is 4.79 Å². The van der Waals surface area contributed by atoms with E-state index in [1.807, 2.05) is 19.1 Å². The minimum absolute atomic E-state index is 0.212. The van der Waals surface area contributed by atoms with E-state index in [0.29, 0.717) is 11.3 Å². The first-order valence-corrected chi connectivity index (χ1v) is 6.30. The Morgan fingerprint density at radius 2 is 2.14 bits per heavy atom. The molecular formula is C14H12N6O. The third-order valence-electron chi connectivity index (χ3n) is 2.89. The van der Waals surface area contributed by atoms with Crippen LogP contribution in [0.2, 0.25) is 0 Å². The second-order valence-corrected chi connectivity index (χ2v) is 4.45. The molecule has 2 aromatic heterocycles. The normalized spacial score (nSPS) is 10.3. The average Bonchev–Trinajstić information content (AvgIpc) is 3.02. The van der Waals surface area contributed by atoms with Crippen LogP contribution >= 0.6 is 0 Å². The Balaban J connectivity index is 1.80. The number of nitrogens with zero attached hydrogens (tertiary/aromatic N) is 5. The van der Waals surface area contributed by atoms with Gasteiger partial charge in [0, 0.05) is 17.6 Å². The molecule has 2 heterocycles. The Bertz CT molecular complexity index is 751. The number of hydrogen-bond acceptors (Lipinski definition) is 5. The lowest BCUT2D eigenvalue weighted by Crippen LogP contribution is -2.12. The van der Waals surface area contributed by atoms with Crippen molar-refractivity contribution in [2.75, 3.05) is 5.32 Å². The number of carbonyl (C=O) groups excluding carboxylic acids is 1. The first kappa shape index (κ1) is 12.9. The number of aromatic nitrogens is 5. The third kappa shape index (κ3) is 2.92. The molecule has 0 saturated heterocycles. The molecule has 3 aromatic rings. The van der Waals surface area contributed by atoms with E-state index in [2.05, 4.69) is 25.8 Å². The van der Waals surface area contributed by atoms with E-state index in [0.717, 1.165) is 11.4 Å². The van der Waals surface area contributed by atoms with Gasteiger partial charge in [0.15, 0.2) is 0 Å². The van der Waals surface area contributed by atoms with Crippen molar-refractivity contribution in [2.24, 2.45) is 0 Å². The van der Waals surface area contributed by atoms with Crippen LogP contribution in [-0.2, 0) is 0 Å². The van der Waals surface area contributed by atoms with Gasteiger partial charge in [-0.05, 0) is 47.7 Å². The summed E-state index contributed by atoms with van der Waals surface area (Å²) in [5.41, 5.74) is 2.80. The zero-order valence-corrected chi connectivity index (χ0v) is 11.3. The predicted octanol–water partition coefficient (Wildman–Crippen LogP) is 1.62. The highest BCUT2D eigenvalue weighted by atomic mass is 16.1. The summed E-state index contributed by atoms with van der Waals surface area (Å²) in [5.74, 6) is -0.212. The molecule has 1 amide bonds. The molecule has 1 aromatic carbocycles. The maximum atomic E-state index is 12.1. The van der Waals surface area contributed by atoms with Gasteiger partial charge in [-0.3, -0.25) is 9.78 Å². The van der Waals surface area contributed by atoms with Crippen LogP contribution < -0.4 is 5.32 Å². The number of amides is 1. The number of anilines is 1. The first-order chi connectivity index (χ1) is 10.2. The fraction of sp³-hybridized carbons (Fsp3) is 0.0714. The SMILES string of the molecule is Cc1ccc(C(=O)Nc2cccc(-n3cnnn3)c2)cn1. The number of rotatable bonds is 3. The van der Waals surface area contributed by atoms with Gasteiger partial charge in [-0.2, -0.15) is 0 Å². The van der Waals surface area contributed by atoms with E-state index in [1.165, 1.54) is 11.0 Å². The Kier molecular flexibility index (Phi) is 3.38. The van der Waals surface area contributed by atoms with Gasteiger partial charge in [-0.1, -0.05) is 6.07 Å². The highest BCUT2D eigenvalue weighted by molar-refractivity contribution is 6.04. The highest BCUT2D eigenvalue weighted by Crippen LogP contribution is 2.14. The molecule has 1 N–H and O–H groups in total.